The number of carbonyl (C=O) groups is 1. The molecule has 0 atom stereocenters. The molecule has 0 spiro atoms. The molecule has 0 radical (unpaired) electrons. The van der Waals surface area contributed by atoms with Gasteiger partial charge in [0.15, 0.2) is 0 Å². The topological polar surface area (TPSA) is 47.3 Å². The summed E-state index contributed by atoms with van der Waals surface area (Å²) in [5.41, 5.74) is 1.90. The highest BCUT2D eigenvalue weighted by molar-refractivity contribution is 5.98. The van der Waals surface area contributed by atoms with Crippen molar-refractivity contribution in [2.24, 2.45) is 0 Å². The molecule has 0 aromatic heterocycles. The summed E-state index contributed by atoms with van der Waals surface area (Å²) in [4.78, 5) is 12.9. The zero-order chi connectivity index (χ0) is 18.8. The van der Waals surface area contributed by atoms with E-state index in [1.54, 1.807) is 29.3 Å². The standard InChI is InChI=1S/C22H18FN3O/c23-20-9-4-1-6-16(20)14-22(27)26-13-5-12-25(26)21-11-10-17(15-24)18-7-2-3-8-19(18)21/h1-4,6-11H,5,12-14H2. The van der Waals surface area contributed by atoms with Crippen LogP contribution in [-0.2, 0) is 11.2 Å². The number of halogens is 1. The Morgan fingerprint density at radius 1 is 1.00 bits per heavy atom. The van der Waals surface area contributed by atoms with Crippen molar-refractivity contribution in [2.45, 2.75) is 12.8 Å². The number of hydrazine groups is 1. The van der Waals surface area contributed by atoms with Gasteiger partial charge < -0.3 is 0 Å². The van der Waals surface area contributed by atoms with Crippen LogP contribution in [0.3, 0.4) is 0 Å². The molecular weight excluding hydrogens is 341 g/mol. The molecule has 0 unspecified atom stereocenters. The number of nitrogens with zero attached hydrogens (tertiary/aromatic N) is 3. The van der Waals surface area contributed by atoms with Crippen molar-refractivity contribution in [3.05, 3.63) is 77.6 Å². The van der Waals surface area contributed by atoms with E-state index in [9.17, 15) is 14.4 Å². The Morgan fingerprint density at radius 3 is 2.52 bits per heavy atom. The molecule has 0 N–H and O–H groups in total. The molecule has 1 saturated heterocycles. The van der Waals surface area contributed by atoms with Gasteiger partial charge in [0.1, 0.15) is 5.82 Å². The highest BCUT2D eigenvalue weighted by atomic mass is 19.1. The normalized spacial score (nSPS) is 13.8. The zero-order valence-electron chi connectivity index (χ0n) is 14.7. The van der Waals surface area contributed by atoms with Crippen molar-refractivity contribution in [1.29, 1.82) is 5.26 Å². The molecule has 134 valence electrons. The molecule has 3 aromatic carbocycles. The van der Waals surface area contributed by atoms with Crippen molar-refractivity contribution in [2.75, 3.05) is 18.1 Å². The van der Waals surface area contributed by atoms with E-state index in [1.165, 1.54) is 6.07 Å². The maximum Gasteiger partial charge on any atom is 0.245 e. The Kier molecular flexibility index (Phi) is 4.47. The van der Waals surface area contributed by atoms with Gasteiger partial charge in [0, 0.05) is 23.9 Å². The molecule has 0 aliphatic carbocycles. The number of fused-ring (bicyclic) bond motifs is 1. The lowest BCUT2D eigenvalue weighted by molar-refractivity contribution is -0.130. The highest BCUT2D eigenvalue weighted by Crippen LogP contribution is 2.32. The maximum atomic E-state index is 13.9. The lowest BCUT2D eigenvalue weighted by atomic mass is 10.0. The number of rotatable bonds is 3. The highest BCUT2D eigenvalue weighted by Gasteiger charge is 2.28. The van der Waals surface area contributed by atoms with E-state index in [0.717, 1.165) is 22.9 Å². The minimum atomic E-state index is -0.361. The second-order valence-corrected chi connectivity index (χ2v) is 6.55. The number of carbonyl (C=O) groups excluding carboxylic acids is 1. The first kappa shape index (κ1) is 17.0. The molecule has 27 heavy (non-hydrogen) atoms. The van der Waals surface area contributed by atoms with E-state index in [0.29, 0.717) is 24.2 Å². The van der Waals surface area contributed by atoms with Crippen LogP contribution in [0.15, 0.2) is 60.7 Å². The minimum Gasteiger partial charge on any atom is -0.282 e. The molecule has 1 fully saturated rings. The van der Waals surface area contributed by atoms with Crippen molar-refractivity contribution < 1.29 is 9.18 Å². The second-order valence-electron chi connectivity index (χ2n) is 6.55. The summed E-state index contributed by atoms with van der Waals surface area (Å²) < 4.78 is 13.9. The second kappa shape index (κ2) is 7.08. The van der Waals surface area contributed by atoms with Gasteiger partial charge in [-0.05, 0) is 30.2 Å². The molecule has 1 aliphatic rings. The van der Waals surface area contributed by atoms with Crippen LogP contribution in [0.2, 0.25) is 0 Å². The van der Waals surface area contributed by atoms with Crippen LogP contribution in [0.25, 0.3) is 10.8 Å². The summed E-state index contributed by atoms with van der Waals surface area (Å²) in [6.45, 7) is 1.31. The summed E-state index contributed by atoms with van der Waals surface area (Å²) in [5, 5.41) is 14.8. The predicted octanol–water partition coefficient (Wildman–Crippen LogP) is 4.05. The number of benzene rings is 3. The van der Waals surface area contributed by atoms with E-state index >= 15 is 0 Å². The van der Waals surface area contributed by atoms with Gasteiger partial charge in [-0.3, -0.25) is 14.8 Å². The van der Waals surface area contributed by atoms with Gasteiger partial charge in [-0.1, -0.05) is 42.5 Å². The number of amides is 1. The van der Waals surface area contributed by atoms with Crippen molar-refractivity contribution >= 4 is 22.4 Å². The number of anilines is 1. The molecular formula is C22H18FN3O. The van der Waals surface area contributed by atoms with Gasteiger partial charge in [0.05, 0.1) is 23.7 Å². The molecule has 1 aliphatic heterocycles. The Balaban J connectivity index is 1.68. The third-order valence-corrected chi connectivity index (χ3v) is 4.92. The molecule has 4 nitrogen and oxygen atoms in total. The lowest BCUT2D eigenvalue weighted by Crippen LogP contribution is -2.42. The minimum absolute atomic E-state index is 0.0252. The molecule has 1 heterocycles. The van der Waals surface area contributed by atoms with Crippen LogP contribution < -0.4 is 5.01 Å². The van der Waals surface area contributed by atoms with E-state index in [4.69, 9.17) is 0 Å². The summed E-state index contributed by atoms with van der Waals surface area (Å²) in [7, 11) is 0. The van der Waals surface area contributed by atoms with Crippen LogP contribution in [0.4, 0.5) is 10.1 Å². The van der Waals surface area contributed by atoms with Gasteiger partial charge in [-0.2, -0.15) is 5.26 Å². The molecule has 0 saturated carbocycles. The largest absolute Gasteiger partial charge is 0.282 e. The monoisotopic (exact) mass is 359 g/mol. The fourth-order valence-electron chi connectivity index (χ4n) is 3.62. The average molecular weight is 359 g/mol. The average Bonchev–Trinajstić information content (AvgIpc) is 3.18. The zero-order valence-corrected chi connectivity index (χ0v) is 14.7. The van der Waals surface area contributed by atoms with E-state index < -0.39 is 0 Å². The number of hydrogen-bond acceptors (Lipinski definition) is 3. The van der Waals surface area contributed by atoms with Crippen molar-refractivity contribution in [1.82, 2.24) is 5.01 Å². The smallest absolute Gasteiger partial charge is 0.245 e. The fraction of sp³-hybridized carbons (Fsp3) is 0.182. The summed E-state index contributed by atoms with van der Waals surface area (Å²) >= 11 is 0. The Labute approximate surface area is 157 Å². The predicted molar refractivity (Wildman–Crippen MR) is 102 cm³/mol. The fourth-order valence-corrected chi connectivity index (χ4v) is 3.62. The van der Waals surface area contributed by atoms with Gasteiger partial charge in [-0.15, -0.1) is 0 Å². The third-order valence-electron chi connectivity index (χ3n) is 4.92. The van der Waals surface area contributed by atoms with Crippen LogP contribution in [-0.4, -0.2) is 24.0 Å². The van der Waals surface area contributed by atoms with Gasteiger partial charge in [-0.25, -0.2) is 4.39 Å². The Hall–Kier alpha value is -3.39. The van der Waals surface area contributed by atoms with Crippen LogP contribution >= 0.6 is 0 Å². The first-order valence-corrected chi connectivity index (χ1v) is 8.92. The summed E-state index contributed by atoms with van der Waals surface area (Å²) in [6, 6.07) is 20.0. The van der Waals surface area contributed by atoms with Gasteiger partial charge >= 0.3 is 0 Å². The maximum absolute atomic E-state index is 13.9. The molecule has 4 rings (SSSR count). The van der Waals surface area contributed by atoms with Crippen molar-refractivity contribution in [3.8, 4) is 6.07 Å². The van der Waals surface area contributed by atoms with E-state index in [-0.39, 0.29) is 18.1 Å². The molecule has 0 bridgehead atoms. The molecule has 1 amide bonds. The van der Waals surface area contributed by atoms with Crippen molar-refractivity contribution in [3.63, 3.8) is 0 Å². The van der Waals surface area contributed by atoms with Crippen LogP contribution in [0, 0.1) is 17.1 Å². The van der Waals surface area contributed by atoms with E-state index in [2.05, 4.69) is 6.07 Å². The first-order chi connectivity index (χ1) is 13.2. The Morgan fingerprint density at radius 2 is 1.74 bits per heavy atom. The lowest BCUT2D eigenvalue weighted by Gasteiger charge is -2.31. The van der Waals surface area contributed by atoms with Crippen LogP contribution in [0.1, 0.15) is 17.5 Å². The number of hydrogen-bond donors (Lipinski definition) is 0. The Bertz CT molecular complexity index is 1060. The summed E-state index contributed by atoms with van der Waals surface area (Å²) in [5.74, 6) is -0.494. The third kappa shape index (κ3) is 3.11. The first-order valence-electron chi connectivity index (χ1n) is 8.92. The number of nitriles is 1. The van der Waals surface area contributed by atoms with Gasteiger partial charge in [0.2, 0.25) is 5.91 Å². The van der Waals surface area contributed by atoms with Gasteiger partial charge in [0.25, 0.3) is 0 Å². The quantitative estimate of drug-likeness (QED) is 0.709. The molecule has 5 heteroatoms. The molecule has 3 aromatic rings. The SMILES string of the molecule is N#Cc1ccc(N2CCCN2C(=O)Cc2ccccc2F)c2ccccc12. The summed E-state index contributed by atoms with van der Waals surface area (Å²) in [6.07, 6.45) is 0.870. The van der Waals surface area contributed by atoms with E-state index in [1.807, 2.05) is 35.3 Å². The van der Waals surface area contributed by atoms with Crippen LogP contribution in [0.5, 0.6) is 0 Å².